The largest absolute Gasteiger partial charge is 0.481 e. The molecule has 0 radical (unpaired) electrons. The van der Waals surface area contributed by atoms with Gasteiger partial charge in [0.25, 0.3) is 0 Å². The lowest BCUT2D eigenvalue weighted by atomic mass is 10.2. The second-order valence-corrected chi connectivity index (χ2v) is 3.02. The Kier molecular flexibility index (Phi) is 3.38. The van der Waals surface area contributed by atoms with Crippen LogP contribution in [0, 0.1) is 11.8 Å². The number of anilines is 1. The highest BCUT2D eigenvalue weighted by Crippen LogP contribution is 2.18. The number of benzene rings is 1. The molecule has 3 nitrogen and oxygen atoms in total. The van der Waals surface area contributed by atoms with Gasteiger partial charge >= 0.3 is 5.97 Å². The lowest BCUT2D eigenvalue weighted by molar-refractivity contribution is -0.135. The number of nitrogens with two attached hydrogens (primary N) is 1. The van der Waals surface area contributed by atoms with Crippen LogP contribution in [0.5, 0.6) is 0 Å². The van der Waals surface area contributed by atoms with Gasteiger partial charge in [0.05, 0.1) is 10.7 Å². The van der Waals surface area contributed by atoms with E-state index < -0.39 is 5.97 Å². The summed E-state index contributed by atoms with van der Waals surface area (Å²) in [4.78, 5) is 10.2. The fraction of sp³-hybridized carbons (Fsp3) is 0.100. The van der Waals surface area contributed by atoms with Crippen molar-refractivity contribution in [2.45, 2.75) is 6.42 Å². The fourth-order valence-electron chi connectivity index (χ4n) is 0.843. The minimum absolute atomic E-state index is 0.178. The Morgan fingerprint density at radius 3 is 2.86 bits per heavy atom. The van der Waals surface area contributed by atoms with Gasteiger partial charge in [-0.05, 0) is 18.2 Å². The average Bonchev–Trinajstić information content (AvgIpc) is 2.10. The monoisotopic (exact) mass is 209 g/mol. The third kappa shape index (κ3) is 3.00. The molecule has 1 aromatic rings. The molecule has 0 unspecified atom stereocenters. The van der Waals surface area contributed by atoms with Crippen molar-refractivity contribution in [3.8, 4) is 11.8 Å². The van der Waals surface area contributed by atoms with Crippen LogP contribution in [0.25, 0.3) is 0 Å². The molecule has 3 N–H and O–H groups in total. The summed E-state index contributed by atoms with van der Waals surface area (Å²) < 4.78 is 0. The van der Waals surface area contributed by atoms with E-state index in [2.05, 4.69) is 11.8 Å². The molecule has 0 aliphatic rings. The highest BCUT2D eigenvalue weighted by atomic mass is 35.5. The number of halogens is 1. The molecule has 0 fully saturated rings. The van der Waals surface area contributed by atoms with Crippen molar-refractivity contribution < 1.29 is 9.90 Å². The summed E-state index contributed by atoms with van der Waals surface area (Å²) in [6.45, 7) is 0. The molecule has 14 heavy (non-hydrogen) atoms. The van der Waals surface area contributed by atoms with E-state index in [9.17, 15) is 4.79 Å². The number of carboxylic acid groups (broad SMARTS) is 1. The zero-order chi connectivity index (χ0) is 10.6. The van der Waals surface area contributed by atoms with E-state index in [4.69, 9.17) is 22.4 Å². The van der Waals surface area contributed by atoms with Crippen LogP contribution in [0.2, 0.25) is 5.02 Å². The van der Waals surface area contributed by atoms with Crippen molar-refractivity contribution in [1.29, 1.82) is 0 Å². The highest BCUT2D eigenvalue weighted by Gasteiger charge is 1.95. The molecule has 1 rings (SSSR count). The summed E-state index contributed by atoms with van der Waals surface area (Å²) >= 11 is 5.70. The van der Waals surface area contributed by atoms with Gasteiger partial charge < -0.3 is 10.8 Å². The van der Waals surface area contributed by atoms with Crippen molar-refractivity contribution in [2.24, 2.45) is 0 Å². The van der Waals surface area contributed by atoms with Crippen molar-refractivity contribution in [1.82, 2.24) is 0 Å². The van der Waals surface area contributed by atoms with Crippen LogP contribution in [0.15, 0.2) is 18.2 Å². The fourth-order valence-corrected chi connectivity index (χ4v) is 0.961. The molecule has 0 amide bonds. The molecule has 0 aliphatic heterocycles. The van der Waals surface area contributed by atoms with Gasteiger partial charge in [0.2, 0.25) is 0 Å². The van der Waals surface area contributed by atoms with Crippen LogP contribution in [-0.2, 0) is 4.79 Å². The Hall–Kier alpha value is -1.66. The van der Waals surface area contributed by atoms with Crippen molar-refractivity contribution in [2.75, 3.05) is 5.73 Å². The smallest absolute Gasteiger partial charge is 0.315 e. The predicted molar refractivity (Wildman–Crippen MR) is 55.0 cm³/mol. The van der Waals surface area contributed by atoms with Crippen molar-refractivity contribution >= 4 is 23.3 Å². The summed E-state index contributed by atoms with van der Waals surface area (Å²) in [5.41, 5.74) is 6.64. The quantitative estimate of drug-likeness (QED) is 0.547. The molecule has 72 valence electrons. The third-order valence-electron chi connectivity index (χ3n) is 1.47. The normalized spacial score (nSPS) is 8.93. The standard InChI is InChI=1S/C10H8ClNO2/c11-8-5-4-7(6-9(8)12)2-1-3-10(13)14/h4-6H,3,12H2,(H,13,14). The number of carboxylic acids is 1. The maximum atomic E-state index is 10.2. The molecular formula is C10H8ClNO2. The molecule has 0 atom stereocenters. The Bertz CT molecular complexity index is 418. The summed E-state index contributed by atoms with van der Waals surface area (Å²) in [5.74, 6) is 4.23. The highest BCUT2D eigenvalue weighted by molar-refractivity contribution is 6.33. The first-order chi connectivity index (χ1) is 6.59. The first kappa shape index (κ1) is 10.4. The van der Waals surface area contributed by atoms with Crippen molar-refractivity contribution in [3.05, 3.63) is 28.8 Å². The van der Waals surface area contributed by atoms with Crippen LogP contribution < -0.4 is 5.73 Å². The molecule has 1 aromatic carbocycles. The maximum Gasteiger partial charge on any atom is 0.315 e. The number of carbonyl (C=O) groups is 1. The Labute approximate surface area is 86.5 Å². The van der Waals surface area contributed by atoms with Crippen molar-refractivity contribution in [3.63, 3.8) is 0 Å². The second-order valence-electron chi connectivity index (χ2n) is 2.61. The van der Waals surface area contributed by atoms with E-state index >= 15 is 0 Å². The van der Waals surface area contributed by atoms with E-state index in [0.29, 0.717) is 16.3 Å². The summed E-state index contributed by atoms with van der Waals surface area (Å²) in [6, 6.07) is 4.92. The Balaban J connectivity index is 2.81. The van der Waals surface area contributed by atoms with Crippen LogP contribution in [0.1, 0.15) is 12.0 Å². The lowest BCUT2D eigenvalue weighted by Crippen LogP contribution is -1.90. The minimum Gasteiger partial charge on any atom is -0.481 e. The van der Waals surface area contributed by atoms with Gasteiger partial charge in [0.1, 0.15) is 6.42 Å². The van der Waals surface area contributed by atoms with Crippen LogP contribution >= 0.6 is 11.6 Å². The van der Waals surface area contributed by atoms with Gasteiger partial charge in [-0.1, -0.05) is 23.4 Å². The number of hydrogen-bond donors (Lipinski definition) is 2. The molecule has 0 spiro atoms. The van der Waals surface area contributed by atoms with E-state index in [1.807, 2.05) is 0 Å². The second kappa shape index (κ2) is 4.54. The molecule has 4 heteroatoms. The molecule has 0 bridgehead atoms. The number of rotatable bonds is 1. The zero-order valence-corrected chi connectivity index (χ0v) is 8.01. The van der Waals surface area contributed by atoms with Gasteiger partial charge in [-0.15, -0.1) is 0 Å². The number of nitrogen functional groups attached to an aromatic ring is 1. The predicted octanol–water partition coefficient (Wildman–Crippen LogP) is 1.75. The maximum absolute atomic E-state index is 10.2. The lowest BCUT2D eigenvalue weighted by Gasteiger charge is -1.96. The van der Waals surface area contributed by atoms with E-state index in [1.165, 1.54) is 0 Å². The number of aliphatic carboxylic acids is 1. The van der Waals surface area contributed by atoms with Gasteiger partial charge in [0, 0.05) is 5.56 Å². The van der Waals surface area contributed by atoms with Gasteiger partial charge in [-0.2, -0.15) is 0 Å². The SMILES string of the molecule is Nc1cc(C#CCC(=O)O)ccc1Cl. The first-order valence-corrected chi connectivity index (χ1v) is 4.23. The molecular weight excluding hydrogens is 202 g/mol. The molecule has 0 saturated carbocycles. The van der Waals surface area contributed by atoms with Crippen LogP contribution in [0.4, 0.5) is 5.69 Å². The molecule has 0 heterocycles. The Morgan fingerprint density at radius 2 is 2.29 bits per heavy atom. The van der Waals surface area contributed by atoms with Gasteiger partial charge in [0.15, 0.2) is 0 Å². The van der Waals surface area contributed by atoms with Gasteiger partial charge in [-0.25, -0.2) is 0 Å². The Morgan fingerprint density at radius 1 is 1.57 bits per heavy atom. The number of hydrogen-bond acceptors (Lipinski definition) is 2. The topological polar surface area (TPSA) is 63.3 Å². The molecule has 0 aliphatic carbocycles. The molecule has 0 aromatic heterocycles. The average molecular weight is 210 g/mol. The van der Waals surface area contributed by atoms with Gasteiger partial charge in [-0.3, -0.25) is 4.79 Å². The third-order valence-corrected chi connectivity index (χ3v) is 1.81. The summed E-state index contributed by atoms with van der Waals surface area (Å²) in [5, 5.41) is 8.81. The van der Waals surface area contributed by atoms with Crippen LogP contribution in [0.3, 0.4) is 0 Å². The summed E-state index contributed by atoms with van der Waals surface area (Å²) in [6.07, 6.45) is -0.178. The van der Waals surface area contributed by atoms with E-state index in [0.717, 1.165) is 0 Å². The van der Waals surface area contributed by atoms with E-state index in [-0.39, 0.29) is 6.42 Å². The van der Waals surface area contributed by atoms with E-state index in [1.54, 1.807) is 18.2 Å². The molecule has 0 saturated heterocycles. The first-order valence-electron chi connectivity index (χ1n) is 3.85. The minimum atomic E-state index is -0.945. The zero-order valence-electron chi connectivity index (χ0n) is 7.25. The summed E-state index contributed by atoms with van der Waals surface area (Å²) in [7, 11) is 0. The van der Waals surface area contributed by atoms with Crippen LogP contribution in [-0.4, -0.2) is 11.1 Å².